The Hall–Kier alpha value is -2.57. The number of nitrogens with one attached hydrogen (secondary N) is 1. The van der Waals surface area contributed by atoms with Gasteiger partial charge in [0.2, 0.25) is 5.91 Å². The van der Waals surface area contributed by atoms with E-state index in [4.69, 9.17) is 0 Å². The molecule has 0 radical (unpaired) electrons. The van der Waals surface area contributed by atoms with Crippen molar-refractivity contribution < 1.29 is 14.3 Å². The van der Waals surface area contributed by atoms with Crippen LogP contribution in [-0.2, 0) is 17.8 Å². The third-order valence-corrected chi connectivity index (χ3v) is 4.60. The van der Waals surface area contributed by atoms with Crippen LogP contribution in [0.1, 0.15) is 11.3 Å². The van der Waals surface area contributed by atoms with E-state index in [1.165, 1.54) is 23.5 Å². The van der Waals surface area contributed by atoms with Gasteiger partial charge in [-0.25, -0.2) is 9.37 Å². The summed E-state index contributed by atoms with van der Waals surface area (Å²) < 4.78 is 13.0. The normalized spacial score (nSPS) is 11.9. The molecule has 0 spiro atoms. The number of rotatable bonds is 6. The molecule has 0 aliphatic heterocycles. The molecule has 2 aromatic carbocycles. The number of nitrogens with zero attached hydrogens (tertiary/aromatic N) is 1. The lowest BCUT2D eigenvalue weighted by Gasteiger charge is -2.10. The van der Waals surface area contributed by atoms with Gasteiger partial charge in [-0.2, -0.15) is 0 Å². The van der Waals surface area contributed by atoms with Crippen LogP contribution < -0.4 is 5.32 Å². The van der Waals surface area contributed by atoms with Crippen LogP contribution >= 0.6 is 11.3 Å². The molecule has 3 aromatic rings. The fourth-order valence-corrected chi connectivity index (χ4v) is 3.16. The number of benzene rings is 2. The highest BCUT2D eigenvalue weighted by atomic mass is 32.1. The second kappa shape index (κ2) is 8.00. The fraction of sp³-hybridized carbons (Fsp3) is 0.158. The van der Waals surface area contributed by atoms with E-state index in [1.807, 2.05) is 30.3 Å². The SMILES string of the molecule is O=C(NCc1ccccc1)C(O)Cc1csc(-c2ccc(F)cc2)n1. The Morgan fingerprint density at radius 2 is 1.88 bits per heavy atom. The van der Waals surface area contributed by atoms with Gasteiger partial charge in [-0.3, -0.25) is 4.79 Å². The van der Waals surface area contributed by atoms with Crippen LogP contribution in [0.4, 0.5) is 4.39 Å². The molecule has 3 rings (SSSR count). The van der Waals surface area contributed by atoms with Gasteiger partial charge in [0.05, 0.1) is 5.69 Å². The quantitative estimate of drug-likeness (QED) is 0.713. The lowest BCUT2D eigenvalue weighted by Crippen LogP contribution is -2.35. The molecule has 2 N–H and O–H groups in total. The number of hydrogen-bond acceptors (Lipinski definition) is 4. The van der Waals surface area contributed by atoms with Crippen LogP contribution in [0.3, 0.4) is 0 Å². The van der Waals surface area contributed by atoms with E-state index in [2.05, 4.69) is 10.3 Å². The summed E-state index contributed by atoms with van der Waals surface area (Å²) in [6.45, 7) is 0.370. The average molecular weight is 356 g/mol. The van der Waals surface area contributed by atoms with Gasteiger partial charge in [0, 0.05) is 23.9 Å². The zero-order valence-electron chi connectivity index (χ0n) is 13.4. The van der Waals surface area contributed by atoms with Crippen molar-refractivity contribution >= 4 is 17.2 Å². The van der Waals surface area contributed by atoms with Gasteiger partial charge in [0.15, 0.2) is 0 Å². The zero-order valence-corrected chi connectivity index (χ0v) is 14.2. The molecule has 0 aliphatic rings. The van der Waals surface area contributed by atoms with Gasteiger partial charge in [-0.05, 0) is 29.8 Å². The number of thiazole rings is 1. The average Bonchev–Trinajstić information content (AvgIpc) is 3.09. The first kappa shape index (κ1) is 17.3. The molecular weight excluding hydrogens is 339 g/mol. The van der Waals surface area contributed by atoms with Gasteiger partial charge in [-0.1, -0.05) is 30.3 Å². The Balaban J connectivity index is 1.56. The Morgan fingerprint density at radius 3 is 2.60 bits per heavy atom. The van der Waals surface area contributed by atoms with Crippen molar-refractivity contribution in [3.8, 4) is 10.6 Å². The second-order valence-corrected chi connectivity index (χ2v) is 6.43. The molecule has 1 unspecified atom stereocenters. The van der Waals surface area contributed by atoms with E-state index < -0.39 is 12.0 Å². The van der Waals surface area contributed by atoms with Gasteiger partial charge >= 0.3 is 0 Å². The van der Waals surface area contributed by atoms with E-state index in [9.17, 15) is 14.3 Å². The molecule has 0 saturated carbocycles. The van der Waals surface area contributed by atoms with Crippen molar-refractivity contribution in [3.05, 3.63) is 77.1 Å². The molecule has 0 saturated heterocycles. The molecule has 1 atom stereocenters. The number of hydrogen-bond donors (Lipinski definition) is 2. The Bertz CT molecular complexity index is 834. The Morgan fingerprint density at radius 1 is 1.16 bits per heavy atom. The maximum absolute atomic E-state index is 13.0. The van der Waals surface area contributed by atoms with Crippen molar-refractivity contribution in [3.63, 3.8) is 0 Å². The first-order valence-electron chi connectivity index (χ1n) is 7.82. The van der Waals surface area contributed by atoms with E-state index in [0.717, 1.165) is 16.1 Å². The molecule has 25 heavy (non-hydrogen) atoms. The predicted molar refractivity (Wildman–Crippen MR) is 95.5 cm³/mol. The predicted octanol–water partition coefficient (Wildman–Crippen LogP) is 3.17. The molecule has 0 aliphatic carbocycles. The number of carbonyl (C=O) groups excluding carboxylic acids is 1. The first-order valence-corrected chi connectivity index (χ1v) is 8.70. The molecule has 0 fully saturated rings. The van der Waals surface area contributed by atoms with Crippen LogP contribution in [0.2, 0.25) is 0 Å². The molecule has 4 nitrogen and oxygen atoms in total. The highest BCUT2D eigenvalue weighted by Gasteiger charge is 2.17. The summed E-state index contributed by atoms with van der Waals surface area (Å²) in [5.74, 6) is -0.730. The van der Waals surface area contributed by atoms with Crippen molar-refractivity contribution in [1.82, 2.24) is 10.3 Å². The van der Waals surface area contributed by atoms with Gasteiger partial charge in [-0.15, -0.1) is 11.3 Å². The monoisotopic (exact) mass is 356 g/mol. The number of carbonyl (C=O) groups is 1. The summed E-state index contributed by atoms with van der Waals surface area (Å²) in [7, 11) is 0. The number of amides is 1. The standard InChI is InChI=1S/C19H17FN2O2S/c20-15-8-6-14(7-9-15)19-22-16(12-25-19)10-17(23)18(24)21-11-13-4-2-1-3-5-13/h1-9,12,17,23H,10-11H2,(H,21,24). The van der Waals surface area contributed by atoms with Crippen LogP contribution in [0.25, 0.3) is 10.6 Å². The van der Waals surface area contributed by atoms with Crippen LogP contribution in [0.5, 0.6) is 0 Å². The van der Waals surface area contributed by atoms with E-state index in [0.29, 0.717) is 12.2 Å². The number of halogens is 1. The largest absolute Gasteiger partial charge is 0.383 e. The topological polar surface area (TPSA) is 62.2 Å². The maximum Gasteiger partial charge on any atom is 0.249 e. The maximum atomic E-state index is 13.0. The van der Waals surface area contributed by atoms with Crippen molar-refractivity contribution in [2.24, 2.45) is 0 Å². The minimum Gasteiger partial charge on any atom is -0.383 e. The molecule has 0 bridgehead atoms. The number of aromatic nitrogens is 1. The zero-order chi connectivity index (χ0) is 17.6. The van der Waals surface area contributed by atoms with Gasteiger partial charge in [0.1, 0.15) is 16.9 Å². The molecule has 128 valence electrons. The Kier molecular flexibility index (Phi) is 5.53. The van der Waals surface area contributed by atoms with Crippen LogP contribution in [-0.4, -0.2) is 22.1 Å². The second-order valence-electron chi connectivity index (χ2n) is 5.57. The highest BCUT2D eigenvalue weighted by Crippen LogP contribution is 2.24. The van der Waals surface area contributed by atoms with Crippen molar-refractivity contribution in [2.45, 2.75) is 19.1 Å². The molecule has 1 aromatic heterocycles. The molecule has 1 amide bonds. The first-order chi connectivity index (χ1) is 12.1. The molecule has 6 heteroatoms. The highest BCUT2D eigenvalue weighted by molar-refractivity contribution is 7.13. The number of aliphatic hydroxyl groups excluding tert-OH is 1. The lowest BCUT2D eigenvalue weighted by atomic mass is 10.2. The molecule has 1 heterocycles. The summed E-state index contributed by atoms with van der Waals surface area (Å²) >= 11 is 1.40. The van der Waals surface area contributed by atoms with Crippen LogP contribution in [0.15, 0.2) is 60.0 Å². The smallest absolute Gasteiger partial charge is 0.249 e. The van der Waals surface area contributed by atoms with Crippen LogP contribution in [0, 0.1) is 5.82 Å². The van der Waals surface area contributed by atoms with Gasteiger partial charge in [0.25, 0.3) is 0 Å². The third-order valence-electron chi connectivity index (χ3n) is 3.66. The summed E-state index contributed by atoms with van der Waals surface area (Å²) in [6.07, 6.45) is -1.02. The lowest BCUT2D eigenvalue weighted by molar-refractivity contribution is -0.129. The van der Waals surface area contributed by atoms with Crippen molar-refractivity contribution in [2.75, 3.05) is 0 Å². The summed E-state index contributed by atoms with van der Waals surface area (Å²) in [5.41, 5.74) is 2.41. The van der Waals surface area contributed by atoms with Crippen molar-refractivity contribution in [1.29, 1.82) is 0 Å². The summed E-state index contributed by atoms with van der Waals surface area (Å²) in [4.78, 5) is 16.4. The van der Waals surface area contributed by atoms with E-state index in [1.54, 1.807) is 17.5 Å². The third kappa shape index (κ3) is 4.71. The summed E-state index contributed by atoms with van der Waals surface area (Å²) in [5, 5.41) is 15.3. The Labute approximate surface area is 149 Å². The van der Waals surface area contributed by atoms with Gasteiger partial charge < -0.3 is 10.4 Å². The number of aliphatic hydroxyl groups is 1. The van der Waals surface area contributed by atoms with E-state index >= 15 is 0 Å². The minimum atomic E-state index is -1.16. The van der Waals surface area contributed by atoms with E-state index in [-0.39, 0.29) is 12.2 Å². The molecular formula is C19H17FN2O2S. The fourth-order valence-electron chi connectivity index (χ4n) is 2.32. The minimum absolute atomic E-state index is 0.137. The summed E-state index contributed by atoms with van der Waals surface area (Å²) in [6, 6.07) is 15.6.